The van der Waals surface area contributed by atoms with Crippen molar-refractivity contribution in [2.24, 2.45) is 0 Å². The molecule has 0 amide bonds. The Kier molecular flexibility index (Phi) is 3.69. The van der Waals surface area contributed by atoms with E-state index < -0.39 is 15.6 Å². The first-order chi connectivity index (χ1) is 8.32. The van der Waals surface area contributed by atoms with Gasteiger partial charge in [-0.25, -0.2) is 13.1 Å². The lowest BCUT2D eigenvalue weighted by atomic mass is 10.0. The fourth-order valence-corrected chi connectivity index (χ4v) is 4.14. The van der Waals surface area contributed by atoms with E-state index in [1.54, 1.807) is 18.2 Å². The lowest BCUT2D eigenvalue weighted by molar-refractivity contribution is 0.452. The van der Waals surface area contributed by atoms with E-state index >= 15 is 0 Å². The van der Waals surface area contributed by atoms with Gasteiger partial charge in [0, 0.05) is 12.1 Å². The molecule has 100 valence electrons. The molecule has 0 spiro atoms. The summed E-state index contributed by atoms with van der Waals surface area (Å²) in [5, 5.41) is 3.41. The molecule has 1 aromatic carbocycles. The van der Waals surface area contributed by atoms with Gasteiger partial charge in [-0.15, -0.1) is 0 Å². The van der Waals surface area contributed by atoms with Crippen molar-refractivity contribution in [1.29, 1.82) is 0 Å². The molecule has 18 heavy (non-hydrogen) atoms. The van der Waals surface area contributed by atoms with Crippen LogP contribution in [0.4, 0.5) is 0 Å². The molecule has 2 N–H and O–H groups in total. The van der Waals surface area contributed by atoms with Gasteiger partial charge in [0.1, 0.15) is 4.90 Å². The average Bonchev–Trinajstić information content (AvgIpc) is 2.62. The standard InChI is InChI=1S/C12H17ClN2O2S/c1-9-3-4-11(10(13)7-9)18(16,17)15-12(2)5-6-14-8-12/h3-4,7,14-15H,5-6,8H2,1-2H3. The van der Waals surface area contributed by atoms with Crippen LogP contribution in [0, 0.1) is 6.92 Å². The summed E-state index contributed by atoms with van der Waals surface area (Å²) in [6.07, 6.45) is 0.774. The first-order valence-corrected chi connectivity index (χ1v) is 7.69. The van der Waals surface area contributed by atoms with Crippen LogP contribution in [0.3, 0.4) is 0 Å². The largest absolute Gasteiger partial charge is 0.315 e. The molecule has 1 saturated heterocycles. The van der Waals surface area contributed by atoms with Crippen LogP contribution in [-0.4, -0.2) is 27.0 Å². The van der Waals surface area contributed by atoms with E-state index in [-0.39, 0.29) is 9.92 Å². The third kappa shape index (κ3) is 2.85. The average molecular weight is 289 g/mol. The molecule has 0 aliphatic carbocycles. The molecule has 1 aliphatic rings. The molecular weight excluding hydrogens is 272 g/mol. The van der Waals surface area contributed by atoms with Gasteiger partial charge >= 0.3 is 0 Å². The second-order valence-corrected chi connectivity index (χ2v) is 7.08. The molecule has 0 bridgehead atoms. The summed E-state index contributed by atoms with van der Waals surface area (Å²) in [4.78, 5) is 0.142. The highest BCUT2D eigenvalue weighted by Gasteiger charge is 2.34. The molecule has 0 radical (unpaired) electrons. The number of halogens is 1. The Balaban J connectivity index is 2.30. The third-order valence-electron chi connectivity index (χ3n) is 3.13. The molecule has 2 rings (SSSR count). The summed E-state index contributed by atoms with van der Waals surface area (Å²) in [6, 6.07) is 4.95. The highest BCUT2D eigenvalue weighted by molar-refractivity contribution is 7.89. The van der Waals surface area contributed by atoms with Crippen molar-refractivity contribution in [1.82, 2.24) is 10.0 Å². The van der Waals surface area contributed by atoms with Crippen LogP contribution in [0.1, 0.15) is 18.9 Å². The van der Waals surface area contributed by atoms with E-state index in [9.17, 15) is 8.42 Å². The first-order valence-electron chi connectivity index (χ1n) is 5.83. The first kappa shape index (κ1) is 13.8. The van der Waals surface area contributed by atoms with Crippen molar-refractivity contribution < 1.29 is 8.42 Å². The van der Waals surface area contributed by atoms with E-state index in [1.807, 2.05) is 13.8 Å². The number of hydrogen-bond acceptors (Lipinski definition) is 3. The quantitative estimate of drug-likeness (QED) is 0.890. The molecular formula is C12H17ClN2O2S. The highest BCUT2D eigenvalue weighted by atomic mass is 35.5. The predicted molar refractivity (Wildman–Crippen MR) is 72.4 cm³/mol. The van der Waals surface area contributed by atoms with Gasteiger partial charge in [-0.2, -0.15) is 0 Å². The van der Waals surface area contributed by atoms with Crippen molar-refractivity contribution in [2.75, 3.05) is 13.1 Å². The Morgan fingerprint density at radius 1 is 1.44 bits per heavy atom. The Bertz CT molecular complexity index is 551. The number of nitrogens with one attached hydrogen (secondary N) is 2. The number of benzene rings is 1. The zero-order valence-electron chi connectivity index (χ0n) is 10.5. The van der Waals surface area contributed by atoms with Crippen molar-refractivity contribution in [3.63, 3.8) is 0 Å². The van der Waals surface area contributed by atoms with Gasteiger partial charge in [0.05, 0.1) is 5.02 Å². The minimum absolute atomic E-state index is 0.142. The molecule has 1 atom stereocenters. The minimum atomic E-state index is -3.57. The van der Waals surface area contributed by atoms with Crippen molar-refractivity contribution >= 4 is 21.6 Å². The maximum Gasteiger partial charge on any atom is 0.242 e. The summed E-state index contributed by atoms with van der Waals surface area (Å²) in [5.74, 6) is 0. The predicted octanol–water partition coefficient (Wildman–Crippen LogP) is 1.68. The number of aryl methyl sites for hydroxylation is 1. The SMILES string of the molecule is Cc1ccc(S(=O)(=O)NC2(C)CCNC2)c(Cl)c1. The van der Waals surface area contributed by atoms with E-state index in [0.29, 0.717) is 6.54 Å². The molecule has 1 aromatic rings. The fraction of sp³-hybridized carbons (Fsp3) is 0.500. The second-order valence-electron chi connectivity index (χ2n) is 5.03. The molecule has 1 aliphatic heterocycles. The Morgan fingerprint density at radius 2 is 2.17 bits per heavy atom. The van der Waals surface area contributed by atoms with Gasteiger partial charge < -0.3 is 5.32 Å². The summed E-state index contributed by atoms with van der Waals surface area (Å²) in [5.41, 5.74) is 0.500. The number of sulfonamides is 1. The Morgan fingerprint density at radius 3 is 2.72 bits per heavy atom. The molecule has 0 saturated carbocycles. The van der Waals surface area contributed by atoms with Gasteiger partial charge in [0.2, 0.25) is 10.0 Å². The van der Waals surface area contributed by atoms with Gasteiger partial charge in [-0.3, -0.25) is 0 Å². The molecule has 1 unspecified atom stereocenters. The highest BCUT2D eigenvalue weighted by Crippen LogP contribution is 2.25. The van der Waals surface area contributed by atoms with Gasteiger partial charge in [-0.05, 0) is 44.5 Å². The third-order valence-corrected chi connectivity index (χ3v) is 5.25. The Labute approximate surface area is 113 Å². The summed E-state index contributed by atoms with van der Waals surface area (Å²) in [6.45, 7) is 5.22. The summed E-state index contributed by atoms with van der Waals surface area (Å²) < 4.78 is 27.3. The summed E-state index contributed by atoms with van der Waals surface area (Å²) in [7, 11) is -3.57. The molecule has 0 aromatic heterocycles. The topological polar surface area (TPSA) is 58.2 Å². The number of hydrogen-bond donors (Lipinski definition) is 2. The van der Waals surface area contributed by atoms with Crippen LogP contribution < -0.4 is 10.0 Å². The fourth-order valence-electron chi connectivity index (χ4n) is 2.11. The molecule has 4 nitrogen and oxygen atoms in total. The van der Waals surface area contributed by atoms with Crippen LogP contribution in [0.15, 0.2) is 23.1 Å². The summed E-state index contributed by atoms with van der Waals surface area (Å²) >= 11 is 6.01. The maximum atomic E-state index is 12.3. The smallest absolute Gasteiger partial charge is 0.242 e. The lowest BCUT2D eigenvalue weighted by Gasteiger charge is -2.24. The van der Waals surface area contributed by atoms with E-state index in [4.69, 9.17) is 11.6 Å². The van der Waals surface area contributed by atoms with Crippen LogP contribution in [0.2, 0.25) is 5.02 Å². The lowest BCUT2D eigenvalue weighted by Crippen LogP contribution is -2.47. The minimum Gasteiger partial charge on any atom is -0.315 e. The van der Waals surface area contributed by atoms with Crippen LogP contribution in [-0.2, 0) is 10.0 Å². The molecule has 1 heterocycles. The Hall–Kier alpha value is -0.620. The van der Waals surface area contributed by atoms with Gasteiger partial charge in [-0.1, -0.05) is 17.7 Å². The van der Waals surface area contributed by atoms with Crippen molar-refractivity contribution in [3.8, 4) is 0 Å². The van der Waals surface area contributed by atoms with Gasteiger partial charge in [0.15, 0.2) is 0 Å². The van der Waals surface area contributed by atoms with Crippen LogP contribution in [0.25, 0.3) is 0 Å². The van der Waals surface area contributed by atoms with Crippen molar-refractivity contribution in [3.05, 3.63) is 28.8 Å². The molecule has 1 fully saturated rings. The zero-order chi connectivity index (χ0) is 13.4. The van der Waals surface area contributed by atoms with Crippen LogP contribution in [0.5, 0.6) is 0 Å². The maximum absolute atomic E-state index is 12.3. The van der Waals surface area contributed by atoms with Crippen molar-refractivity contribution in [2.45, 2.75) is 30.7 Å². The van der Waals surface area contributed by atoms with E-state index in [0.717, 1.165) is 18.5 Å². The van der Waals surface area contributed by atoms with E-state index in [1.165, 1.54) is 0 Å². The zero-order valence-corrected chi connectivity index (χ0v) is 12.0. The number of rotatable bonds is 3. The van der Waals surface area contributed by atoms with Crippen LogP contribution >= 0.6 is 11.6 Å². The van der Waals surface area contributed by atoms with Gasteiger partial charge in [0.25, 0.3) is 0 Å². The second kappa shape index (κ2) is 4.81. The monoisotopic (exact) mass is 288 g/mol. The normalized spacial score (nSPS) is 24.4. The molecule has 6 heteroatoms. The van der Waals surface area contributed by atoms with E-state index in [2.05, 4.69) is 10.0 Å².